The fraction of sp³-hybridized carbons (Fsp3) is 0.214. The number of anilines is 1. The molecule has 0 aliphatic rings. The van der Waals surface area contributed by atoms with Crippen LogP contribution in [0.4, 0.5) is 5.82 Å². The van der Waals surface area contributed by atoms with Crippen LogP contribution >= 0.6 is 0 Å². The lowest BCUT2D eigenvalue weighted by atomic mass is 10.1. The van der Waals surface area contributed by atoms with E-state index >= 15 is 0 Å². The first-order valence-electron chi connectivity index (χ1n) is 6.67. The number of hydrogen-bond donors (Lipinski definition) is 2. The summed E-state index contributed by atoms with van der Waals surface area (Å²) in [7, 11) is 0. The summed E-state index contributed by atoms with van der Waals surface area (Å²) in [5, 5.41) is 8.90. The summed E-state index contributed by atoms with van der Waals surface area (Å²) in [5.74, 6) is 0.175. The van der Waals surface area contributed by atoms with Crippen LogP contribution in [-0.4, -0.2) is 32.0 Å². The molecule has 0 spiro atoms. The number of nitrogens with two attached hydrogens (primary N) is 2. The number of carbonyl (C=O) groups is 1. The van der Waals surface area contributed by atoms with E-state index in [0.29, 0.717) is 12.4 Å². The Morgan fingerprint density at radius 2 is 2.10 bits per heavy atom. The molecule has 0 aliphatic carbocycles. The Hall–Kier alpha value is -2.67. The van der Waals surface area contributed by atoms with Crippen molar-refractivity contribution in [1.29, 1.82) is 0 Å². The van der Waals surface area contributed by atoms with E-state index in [1.165, 1.54) is 11.0 Å². The predicted molar refractivity (Wildman–Crippen MR) is 79.8 cm³/mol. The van der Waals surface area contributed by atoms with Gasteiger partial charge in [-0.2, -0.15) is 9.90 Å². The fourth-order valence-corrected chi connectivity index (χ4v) is 2.40. The number of aromatic nitrogens is 4. The van der Waals surface area contributed by atoms with E-state index in [4.69, 9.17) is 11.5 Å². The molecule has 1 aromatic carbocycles. The molecule has 2 aromatic heterocycles. The van der Waals surface area contributed by atoms with Gasteiger partial charge >= 0.3 is 0 Å². The first kappa shape index (κ1) is 13.3. The molecule has 0 unspecified atom stereocenters. The molecule has 0 amide bonds. The Balaban J connectivity index is 1.97. The highest BCUT2D eigenvalue weighted by molar-refractivity contribution is 5.94. The standard InChI is InChI=1S/C14H16N6O/c15-6-5-10-8-19(12-4-2-1-3-11(10)12)14(21)9-20-17-7-13(16)18-20/h1-4,7-8H,5-6,9,15H2,(H2,16,18). The van der Waals surface area contributed by atoms with Gasteiger partial charge in [0, 0.05) is 11.6 Å². The van der Waals surface area contributed by atoms with Crippen molar-refractivity contribution < 1.29 is 4.79 Å². The van der Waals surface area contributed by atoms with E-state index in [-0.39, 0.29) is 12.5 Å². The molecule has 0 radical (unpaired) electrons. The summed E-state index contributed by atoms with van der Waals surface area (Å²) < 4.78 is 1.62. The Morgan fingerprint density at radius 1 is 1.29 bits per heavy atom. The topological polar surface area (TPSA) is 105 Å². The number of carbonyl (C=O) groups excluding carboxylic acids is 1. The van der Waals surface area contributed by atoms with Gasteiger partial charge in [-0.25, -0.2) is 0 Å². The van der Waals surface area contributed by atoms with E-state index in [9.17, 15) is 4.79 Å². The lowest BCUT2D eigenvalue weighted by Crippen LogP contribution is -2.19. The van der Waals surface area contributed by atoms with E-state index in [1.807, 2.05) is 30.5 Å². The average molecular weight is 284 g/mol. The quantitative estimate of drug-likeness (QED) is 0.732. The Bertz CT molecular complexity index is 788. The van der Waals surface area contributed by atoms with Gasteiger partial charge in [0.15, 0.2) is 5.82 Å². The van der Waals surface area contributed by atoms with Crippen LogP contribution < -0.4 is 11.5 Å². The molecule has 0 fully saturated rings. The molecule has 0 saturated heterocycles. The van der Waals surface area contributed by atoms with Crippen molar-refractivity contribution in [3.63, 3.8) is 0 Å². The van der Waals surface area contributed by atoms with Crippen molar-refractivity contribution in [3.8, 4) is 0 Å². The normalized spacial score (nSPS) is 11.1. The minimum Gasteiger partial charge on any atom is -0.381 e. The highest BCUT2D eigenvalue weighted by Crippen LogP contribution is 2.21. The van der Waals surface area contributed by atoms with E-state index in [1.54, 1.807) is 4.57 Å². The highest BCUT2D eigenvalue weighted by atomic mass is 16.2. The molecule has 7 nitrogen and oxygen atoms in total. The highest BCUT2D eigenvalue weighted by Gasteiger charge is 2.14. The second-order valence-corrected chi connectivity index (χ2v) is 4.77. The Labute approximate surface area is 121 Å². The lowest BCUT2D eigenvalue weighted by Gasteiger charge is -2.03. The molecular formula is C14H16N6O. The van der Waals surface area contributed by atoms with Crippen LogP contribution in [0, 0.1) is 0 Å². The Morgan fingerprint density at radius 3 is 2.81 bits per heavy atom. The molecule has 0 aliphatic heterocycles. The molecule has 0 bridgehead atoms. The van der Waals surface area contributed by atoms with Gasteiger partial charge in [-0.3, -0.25) is 9.36 Å². The van der Waals surface area contributed by atoms with Gasteiger partial charge < -0.3 is 11.5 Å². The lowest BCUT2D eigenvalue weighted by molar-refractivity contribution is 0.0886. The molecule has 21 heavy (non-hydrogen) atoms. The van der Waals surface area contributed by atoms with Gasteiger partial charge in [-0.15, -0.1) is 5.10 Å². The van der Waals surface area contributed by atoms with E-state index < -0.39 is 0 Å². The van der Waals surface area contributed by atoms with Crippen LogP contribution in [0.2, 0.25) is 0 Å². The minimum atomic E-state index is -0.120. The summed E-state index contributed by atoms with van der Waals surface area (Å²) in [6.45, 7) is 0.581. The van der Waals surface area contributed by atoms with Gasteiger partial charge in [0.2, 0.25) is 0 Å². The summed E-state index contributed by atoms with van der Waals surface area (Å²) in [5.41, 5.74) is 13.1. The minimum absolute atomic E-state index is 0.0396. The fourth-order valence-electron chi connectivity index (χ4n) is 2.40. The first-order valence-corrected chi connectivity index (χ1v) is 6.67. The zero-order valence-electron chi connectivity index (χ0n) is 11.4. The van der Waals surface area contributed by atoms with Crippen LogP contribution in [0.3, 0.4) is 0 Å². The monoisotopic (exact) mass is 284 g/mol. The molecule has 3 aromatic rings. The maximum absolute atomic E-state index is 12.4. The van der Waals surface area contributed by atoms with Crippen molar-refractivity contribution in [1.82, 2.24) is 19.6 Å². The van der Waals surface area contributed by atoms with E-state index in [0.717, 1.165) is 22.9 Å². The molecule has 3 rings (SSSR count). The number of nitrogens with zero attached hydrogens (tertiary/aromatic N) is 4. The summed E-state index contributed by atoms with van der Waals surface area (Å²) in [6, 6.07) is 7.77. The summed E-state index contributed by atoms with van der Waals surface area (Å²) in [4.78, 5) is 13.7. The summed E-state index contributed by atoms with van der Waals surface area (Å²) >= 11 is 0. The number of para-hydroxylation sites is 1. The Kier molecular flexibility index (Phi) is 3.41. The molecule has 108 valence electrons. The maximum atomic E-state index is 12.4. The molecule has 0 atom stereocenters. The second kappa shape index (κ2) is 5.37. The molecule has 7 heteroatoms. The largest absolute Gasteiger partial charge is 0.381 e. The second-order valence-electron chi connectivity index (χ2n) is 4.77. The maximum Gasteiger partial charge on any atom is 0.254 e. The number of hydrogen-bond acceptors (Lipinski definition) is 5. The SMILES string of the molecule is NCCc1cn(C(=O)Cn2ncc(N)n2)c2ccccc12. The van der Waals surface area contributed by atoms with Crippen molar-refractivity contribution in [2.75, 3.05) is 12.3 Å². The van der Waals surface area contributed by atoms with E-state index in [2.05, 4.69) is 10.2 Å². The zero-order chi connectivity index (χ0) is 14.8. The van der Waals surface area contributed by atoms with Crippen molar-refractivity contribution in [3.05, 3.63) is 42.2 Å². The van der Waals surface area contributed by atoms with Crippen LogP contribution in [0.25, 0.3) is 10.9 Å². The van der Waals surface area contributed by atoms with Crippen LogP contribution in [-0.2, 0) is 13.0 Å². The molecule has 0 saturated carbocycles. The third kappa shape index (κ3) is 2.50. The molecule has 2 heterocycles. The predicted octanol–water partition coefficient (Wildman–Crippen LogP) is 0.657. The van der Waals surface area contributed by atoms with Gasteiger partial charge in [0.05, 0.1) is 11.7 Å². The van der Waals surface area contributed by atoms with Crippen molar-refractivity contribution in [2.24, 2.45) is 5.73 Å². The molecule has 4 N–H and O–H groups in total. The van der Waals surface area contributed by atoms with Crippen LogP contribution in [0.5, 0.6) is 0 Å². The average Bonchev–Trinajstić information content (AvgIpc) is 3.04. The summed E-state index contributed by atoms with van der Waals surface area (Å²) in [6.07, 6.45) is 3.99. The van der Waals surface area contributed by atoms with Crippen molar-refractivity contribution >= 4 is 22.6 Å². The number of rotatable bonds is 4. The zero-order valence-corrected chi connectivity index (χ0v) is 11.4. The molecular weight excluding hydrogens is 268 g/mol. The van der Waals surface area contributed by atoms with Crippen LogP contribution in [0.15, 0.2) is 36.7 Å². The number of nitrogen functional groups attached to an aromatic ring is 1. The van der Waals surface area contributed by atoms with Crippen LogP contribution in [0.1, 0.15) is 10.4 Å². The third-order valence-corrected chi connectivity index (χ3v) is 3.31. The first-order chi connectivity index (χ1) is 10.2. The number of benzene rings is 1. The van der Waals surface area contributed by atoms with Gasteiger partial charge in [0.25, 0.3) is 5.91 Å². The van der Waals surface area contributed by atoms with Gasteiger partial charge in [0.1, 0.15) is 6.54 Å². The van der Waals surface area contributed by atoms with Gasteiger partial charge in [-0.1, -0.05) is 18.2 Å². The third-order valence-electron chi connectivity index (χ3n) is 3.31. The smallest absolute Gasteiger partial charge is 0.254 e. The van der Waals surface area contributed by atoms with Gasteiger partial charge in [-0.05, 0) is 24.6 Å². The van der Waals surface area contributed by atoms with Crippen molar-refractivity contribution in [2.45, 2.75) is 13.0 Å². The number of fused-ring (bicyclic) bond motifs is 1.